The van der Waals surface area contributed by atoms with E-state index in [1.807, 2.05) is 42.5 Å². The van der Waals surface area contributed by atoms with Crippen LogP contribution >= 0.6 is 15.9 Å². The van der Waals surface area contributed by atoms with E-state index in [0.717, 1.165) is 15.4 Å². The molecular weight excluding hydrogens is 356 g/mol. The molecule has 4 heteroatoms. The molecule has 0 aliphatic carbocycles. The second-order valence-corrected chi connectivity index (χ2v) is 5.92. The number of allylic oxidation sites excluding steroid dienone is 1. The highest BCUT2D eigenvalue weighted by atomic mass is 79.9. The zero-order chi connectivity index (χ0) is 16.2. The van der Waals surface area contributed by atoms with Crippen molar-refractivity contribution in [2.45, 2.75) is 13.0 Å². The van der Waals surface area contributed by atoms with E-state index in [4.69, 9.17) is 9.15 Å². The molecule has 0 fully saturated rings. The fourth-order valence-electron chi connectivity index (χ4n) is 2.41. The molecule has 0 amide bonds. The highest BCUT2D eigenvalue weighted by Gasteiger charge is 2.15. The first-order valence-electron chi connectivity index (χ1n) is 7.22. The highest BCUT2D eigenvalue weighted by Crippen LogP contribution is 2.29. The molecule has 0 unspecified atom stereocenters. The van der Waals surface area contributed by atoms with Crippen LogP contribution in [0.15, 0.2) is 74.9 Å². The number of halogens is 1. The molecule has 0 radical (unpaired) electrons. The number of benzene rings is 2. The quantitative estimate of drug-likeness (QED) is 0.475. The maximum Gasteiger partial charge on any atom is 0.343 e. The third-order valence-corrected chi connectivity index (χ3v) is 4.31. The van der Waals surface area contributed by atoms with Crippen LogP contribution < -0.4 is 10.4 Å². The Morgan fingerprint density at radius 2 is 1.87 bits per heavy atom. The number of hydrogen-bond donors (Lipinski definition) is 0. The number of rotatable bonds is 5. The summed E-state index contributed by atoms with van der Waals surface area (Å²) in [6.45, 7) is 4.07. The van der Waals surface area contributed by atoms with Gasteiger partial charge in [-0.1, -0.05) is 52.3 Å². The van der Waals surface area contributed by atoms with Crippen molar-refractivity contribution in [3.63, 3.8) is 0 Å². The van der Waals surface area contributed by atoms with Crippen molar-refractivity contribution in [2.75, 3.05) is 0 Å². The van der Waals surface area contributed by atoms with Crippen LogP contribution in [0.3, 0.4) is 0 Å². The molecule has 0 atom stereocenters. The SMILES string of the molecule is C=CCc1c(OCc2ccccc2Br)c2ccccc2oc1=O. The molecule has 0 bridgehead atoms. The highest BCUT2D eigenvalue weighted by molar-refractivity contribution is 9.10. The van der Waals surface area contributed by atoms with E-state index in [1.54, 1.807) is 12.1 Å². The molecule has 116 valence electrons. The van der Waals surface area contributed by atoms with Gasteiger partial charge in [-0.05, 0) is 18.2 Å². The summed E-state index contributed by atoms with van der Waals surface area (Å²) in [5, 5.41) is 0.788. The summed E-state index contributed by atoms with van der Waals surface area (Å²) in [4.78, 5) is 12.2. The van der Waals surface area contributed by atoms with Gasteiger partial charge in [-0.2, -0.15) is 0 Å². The van der Waals surface area contributed by atoms with Gasteiger partial charge >= 0.3 is 5.63 Å². The van der Waals surface area contributed by atoms with Gasteiger partial charge in [0.05, 0.1) is 10.9 Å². The summed E-state index contributed by atoms with van der Waals surface area (Å²) in [6.07, 6.45) is 2.07. The Hall–Kier alpha value is -2.33. The predicted octanol–water partition coefficient (Wildman–Crippen LogP) is 4.86. The Labute approximate surface area is 142 Å². The molecular formula is C19H15BrO3. The lowest BCUT2D eigenvalue weighted by molar-refractivity contribution is 0.303. The maximum absolute atomic E-state index is 12.2. The summed E-state index contributed by atoms with van der Waals surface area (Å²) in [7, 11) is 0. The number of para-hydroxylation sites is 1. The molecule has 0 aliphatic rings. The van der Waals surface area contributed by atoms with E-state index in [0.29, 0.717) is 29.9 Å². The minimum absolute atomic E-state index is 0.360. The normalized spacial score (nSPS) is 10.7. The minimum atomic E-state index is -0.384. The summed E-state index contributed by atoms with van der Waals surface area (Å²) in [6, 6.07) is 15.2. The van der Waals surface area contributed by atoms with Crippen LogP contribution in [-0.4, -0.2) is 0 Å². The van der Waals surface area contributed by atoms with Crippen molar-refractivity contribution in [2.24, 2.45) is 0 Å². The van der Waals surface area contributed by atoms with Crippen LogP contribution in [0.2, 0.25) is 0 Å². The van der Waals surface area contributed by atoms with E-state index >= 15 is 0 Å². The van der Waals surface area contributed by atoms with Crippen molar-refractivity contribution in [3.8, 4) is 5.75 Å². The Kier molecular flexibility index (Phi) is 4.63. The van der Waals surface area contributed by atoms with Gasteiger partial charge in [-0.15, -0.1) is 6.58 Å². The lowest BCUT2D eigenvalue weighted by Crippen LogP contribution is -2.11. The summed E-state index contributed by atoms with van der Waals surface area (Å²) in [5.74, 6) is 0.563. The molecule has 3 nitrogen and oxygen atoms in total. The van der Waals surface area contributed by atoms with Crippen LogP contribution in [0, 0.1) is 0 Å². The van der Waals surface area contributed by atoms with Crippen LogP contribution in [0.5, 0.6) is 5.75 Å². The topological polar surface area (TPSA) is 39.4 Å². The first kappa shape index (κ1) is 15.6. The lowest BCUT2D eigenvalue weighted by atomic mass is 10.1. The summed E-state index contributed by atoms with van der Waals surface area (Å²) >= 11 is 3.51. The number of fused-ring (bicyclic) bond motifs is 1. The van der Waals surface area contributed by atoms with Crippen LogP contribution in [0.25, 0.3) is 11.0 Å². The average molecular weight is 371 g/mol. The minimum Gasteiger partial charge on any atom is -0.488 e. The van der Waals surface area contributed by atoms with Crippen LogP contribution in [-0.2, 0) is 13.0 Å². The van der Waals surface area contributed by atoms with Gasteiger partial charge in [0.1, 0.15) is 17.9 Å². The summed E-state index contributed by atoms with van der Waals surface area (Å²) < 4.78 is 12.4. The van der Waals surface area contributed by atoms with E-state index in [-0.39, 0.29) is 5.63 Å². The lowest BCUT2D eigenvalue weighted by Gasteiger charge is -2.13. The molecule has 0 saturated heterocycles. The van der Waals surface area contributed by atoms with Crippen molar-refractivity contribution >= 4 is 26.9 Å². The van der Waals surface area contributed by atoms with Crippen molar-refractivity contribution in [1.82, 2.24) is 0 Å². The fourth-order valence-corrected chi connectivity index (χ4v) is 2.81. The predicted molar refractivity (Wildman–Crippen MR) is 94.9 cm³/mol. The van der Waals surface area contributed by atoms with Gasteiger partial charge in [0.15, 0.2) is 0 Å². The third kappa shape index (κ3) is 3.22. The number of ether oxygens (including phenoxy) is 1. The second kappa shape index (κ2) is 6.84. The maximum atomic E-state index is 12.2. The molecule has 23 heavy (non-hydrogen) atoms. The Morgan fingerprint density at radius 3 is 2.65 bits per heavy atom. The monoisotopic (exact) mass is 370 g/mol. The fraction of sp³-hybridized carbons (Fsp3) is 0.105. The molecule has 0 aliphatic heterocycles. The van der Waals surface area contributed by atoms with Crippen LogP contribution in [0.1, 0.15) is 11.1 Å². The van der Waals surface area contributed by atoms with Gasteiger partial charge in [0, 0.05) is 16.5 Å². The molecule has 0 spiro atoms. The zero-order valence-electron chi connectivity index (χ0n) is 12.4. The molecule has 3 rings (SSSR count). The molecule has 3 aromatic rings. The van der Waals surface area contributed by atoms with Gasteiger partial charge < -0.3 is 9.15 Å². The van der Waals surface area contributed by atoms with E-state index in [2.05, 4.69) is 22.5 Å². The van der Waals surface area contributed by atoms with Crippen molar-refractivity contribution < 1.29 is 9.15 Å². The largest absolute Gasteiger partial charge is 0.488 e. The Bertz CT molecular complexity index is 912. The molecule has 0 N–H and O–H groups in total. The van der Waals surface area contributed by atoms with Crippen molar-refractivity contribution in [3.05, 3.63) is 87.2 Å². The first-order valence-corrected chi connectivity index (χ1v) is 8.02. The number of hydrogen-bond acceptors (Lipinski definition) is 3. The van der Waals surface area contributed by atoms with Gasteiger partial charge in [-0.25, -0.2) is 4.79 Å². The molecule has 1 aromatic heterocycles. The third-order valence-electron chi connectivity index (χ3n) is 3.53. The Morgan fingerprint density at radius 1 is 1.13 bits per heavy atom. The average Bonchev–Trinajstić information content (AvgIpc) is 2.56. The smallest absolute Gasteiger partial charge is 0.343 e. The van der Waals surface area contributed by atoms with Gasteiger partial charge in [-0.3, -0.25) is 0 Å². The zero-order valence-corrected chi connectivity index (χ0v) is 14.0. The second-order valence-electron chi connectivity index (χ2n) is 5.07. The van der Waals surface area contributed by atoms with E-state index in [9.17, 15) is 4.79 Å². The van der Waals surface area contributed by atoms with Gasteiger partial charge in [0.2, 0.25) is 0 Å². The van der Waals surface area contributed by atoms with Gasteiger partial charge in [0.25, 0.3) is 0 Å². The molecule has 2 aromatic carbocycles. The Balaban J connectivity index is 2.07. The van der Waals surface area contributed by atoms with E-state index < -0.39 is 0 Å². The summed E-state index contributed by atoms with van der Waals surface area (Å²) in [5.41, 5.74) is 1.64. The standard InChI is InChI=1S/C19H15BrO3/c1-2-7-15-18(22-12-13-8-3-5-10-16(13)20)14-9-4-6-11-17(14)23-19(15)21/h2-6,8-11H,1,7,12H2. The van der Waals surface area contributed by atoms with Crippen molar-refractivity contribution in [1.29, 1.82) is 0 Å². The molecule has 0 saturated carbocycles. The van der Waals surface area contributed by atoms with E-state index in [1.165, 1.54) is 0 Å². The molecule has 1 heterocycles. The first-order chi connectivity index (χ1) is 11.2. The van der Waals surface area contributed by atoms with Crippen LogP contribution in [0.4, 0.5) is 0 Å².